The van der Waals surface area contributed by atoms with Crippen molar-refractivity contribution in [2.45, 2.75) is 72.3 Å². The van der Waals surface area contributed by atoms with Crippen LogP contribution >= 0.6 is 11.8 Å². The van der Waals surface area contributed by atoms with E-state index in [0.717, 1.165) is 74.3 Å². The lowest BCUT2D eigenvalue weighted by Gasteiger charge is -2.19. The van der Waals surface area contributed by atoms with Crippen LogP contribution in [0.1, 0.15) is 82.1 Å². The number of nitrogens with zero attached hydrogens (tertiary/aromatic N) is 3. The molecule has 0 atom stereocenters. The van der Waals surface area contributed by atoms with E-state index in [9.17, 15) is 9.59 Å². The van der Waals surface area contributed by atoms with Crippen LogP contribution in [0, 0.1) is 0 Å². The molecule has 0 aliphatic carbocycles. The molecule has 0 spiro atoms. The predicted molar refractivity (Wildman–Crippen MR) is 150 cm³/mol. The molecule has 0 radical (unpaired) electrons. The van der Waals surface area contributed by atoms with E-state index >= 15 is 0 Å². The summed E-state index contributed by atoms with van der Waals surface area (Å²) in [7, 11) is 2.16. The molecule has 35 heavy (non-hydrogen) atoms. The van der Waals surface area contributed by atoms with Gasteiger partial charge in [-0.3, -0.25) is 9.59 Å². The highest BCUT2D eigenvalue weighted by molar-refractivity contribution is 8.12. The summed E-state index contributed by atoms with van der Waals surface area (Å²) in [6.07, 6.45) is 8.59. The summed E-state index contributed by atoms with van der Waals surface area (Å²) in [5.74, 6) is 0.154. The smallest absolute Gasteiger partial charge is 0.260 e. The van der Waals surface area contributed by atoms with Gasteiger partial charge in [-0.25, -0.2) is 0 Å². The highest BCUT2D eigenvalue weighted by Gasteiger charge is 2.22. The first-order valence-electron chi connectivity index (χ1n) is 13.2. The Morgan fingerprint density at radius 1 is 0.971 bits per heavy atom. The predicted octanol–water partition coefficient (Wildman–Crippen LogP) is 6.28. The number of carbonyl (C=O) groups is 2. The number of hydrogen-bond acceptors (Lipinski definition) is 4. The van der Waals surface area contributed by atoms with Crippen LogP contribution in [-0.4, -0.2) is 72.3 Å². The third kappa shape index (κ3) is 9.16. The second-order valence-corrected chi connectivity index (χ2v) is 10.8. The SMILES string of the molecule is C=C(S/C(=C\CC)c1ccc(C(=O)N2CCCC2)cc1)C(=O)N1CCCC1.CCCN(C)C(C)C. The van der Waals surface area contributed by atoms with Crippen LogP contribution < -0.4 is 0 Å². The molecular formula is C29H45N3O2S. The lowest BCUT2D eigenvalue weighted by Crippen LogP contribution is -2.27. The molecule has 1 aromatic rings. The van der Waals surface area contributed by atoms with E-state index in [2.05, 4.69) is 52.3 Å². The monoisotopic (exact) mass is 499 g/mol. The standard InChI is InChI=1S/C22H28N2O2S.C7H17N/c1-3-8-20(27-17(2)21(25)23-13-4-5-14-23)18-9-11-19(12-10-18)22(26)24-15-6-7-16-24;1-5-6-8(4)7(2)3/h8-12H,2-7,13-16H2,1H3;7H,5-6H2,1-4H3/b20-8-;. The summed E-state index contributed by atoms with van der Waals surface area (Å²) in [5, 5.41) is 0. The van der Waals surface area contributed by atoms with Gasteiger partial charge in [-0.05, 0) is 83.7 Å². The minimum atomic E-state index is 0.0420. The van der Waals surface area contributed by atoms with Gasteiger partial charge in [-0.2, -0.15) is 0 Å². The number of allylic oxidation sites excluding steroid dienone is 1. The highest BCUT2D eigenvalue weighted by Crippen LogP contribution is 2.35. The van der Waals surface area contributed by atoms with Gasteiger partial charge in [0.25, 0.3) is 11.8 Å². The van der Waals surface area contributed by atoms with E-state index in [1.54, 1.807) is 0 Å². The van der Waals surface area contributed by atoms with Gasteiger partial charge in [-0.15, -0.1) is 0 Å². The molecule has 2 fully saturated rings. The Morgan fingerprint density at radius 3 is 1.94 bits per heavy atom. The van der Waals surface area contributed by atoms with E-state index in [4.69, 9.17) is 0 Å². The van der Waals surface area contributed by atoms with Gasteiger partial charge in [0.05, 0.1) is 4.91 Å². The maximum absolute atomic E-state index is 12.5. The molecule has 2 amide bonds. The normalized spacial score (nSPS) is 16.0. The molecule has 0 bridgehead atoms. The van der Waals surface area contributed by atoms with Crippen LogP contribution in [0.3, 0.4) is 0 Å². The Labute approximate surface area is 217 Å². The third-order valence-electron chi connectivity index (χ3n) is 6.52. The maximum Gasteiger partial charge on any atom is 0.260 e. The summed E-state index contributed by atoms with van der Waals surface area (Å²) in [6, 6.07) is 8.45. The molecule has 3 rings (SSSR count). The van der Waals surface area contributed by atoms with E-state index in [-0.39, 0.29) is 11.8 Å². The molecule has 2 saturated heterocycles. The number of thioether (sulfide) groups is 1. The van der Waals surface area contributed by atoms with Crippen LogP contribution in [0.25, 0.3) is 4.91 Å². The Kier molecular flexibility index (Phi) is 12.6. The van der Waals surface area contributed by atoms with Crippen molar-refractivity contribution in [2.75, 3.05) is 39.8 Å². The number of hydrogen-bond donors (Lipinski definition) is 0. The fraction of sp³-hybridized carbons (Fsp3) is 0.586. The Bertz CT molecular complexity index is 851. The van der Waals surface area contributed by atoms with Crippen molar-refractivity contribution < 1.29 is 9.59 Å². The van der Waals surface area contributed by atoms with Crippen LogP contribution in [0.5, 0.6) is 0 Å². The Balaban J connectivity index is 0.000000466. The summed E-state index contributed by atoms with van der Waals surface area (Å²) in [6.45, 7) is 17.3. The second-order valence-electron chi connectivity index (χ2n) is 9.65. The Morgan fingerprint density at radius 2 is 1.49 bits per heavy atom. The first kappa shape index (κ1) is 29.2. The Hall–Kier alpha value is -2.05. The largest absolute Gasteiger partial charge is 0.339 e. The second kappa shape index (κ2) is 15.1. The van der Waals surface area contributed by atoms with Crippen molar-refractivity contribution in [2.24, 2.45) is 0 Å². The number of likely N-dealkylation sites (tertiary alicyclic amines) is 2. The molecule has 1 aromatic carbocycles. The molecule has 2 aliphatic rings. The van der Waals surface area contributed by atoms with Crippen LogP contribution in [0.15, 0.2) is 41.8 Å². The topological polar surface area (TPSA) is 43.9 Å². The van der Waals surface area contributed by atoms with E-state index in [0.29, 0.717) is 10.9 Å². The number of carbonyl (C=O) groups excluding carboxylic acids is 2. The first-order chi connectivity index (χ1) is 16.8. The molecule has 0 N–H and O–H groups in total. The van der Waals surface area contributed by atoms with E-state index in [1.165, 1.54) is 24.7 Å². The zero-order chi connectivity index (χ0) is 25.8. The molecule has 0 unspecified atom stereocenters. The van der Waals surface area contributed by atoms with Gasteiger partial charge in [0.2, 0.25) is 0 Å². The van der Waals surface area contributed by atoms with Crippen LogP contribution in [-0.2, 0) is 4.79 Å². The van der Waals surface area contributed by atoms with Crippen LogP contribution in [0.4, 0.5) is 0 Å². The quantitative estimate of drug-likeness (QED) is 0.375. The number of amides is 2. The lowest BCUT2D eigenvalue weighted by molar-refractivity contribution is -0.125. The first-order valence-corrected chi connectivity index (χ1v) is 14.1. The fourth-order valence-electron chi connectivity index (χ4n) is 4.17. The average Bonchev–Trinajstić information content (AvgIpc) is 3.58. The van der Waals surface area contributed by atoms with Gasteiger partial charge >= 0.3 is 0 Å². The molecule has 0 saturated carbocycles. The minimum Gasteiger partial charge on any atom is -0.339 e. The molecule has 6 heteroatoms. The third-order valence-corrected chi connectivity index (χ3v) is 7.57. The zero-order valence-corrected chi connectivity index (χ0v) is 23.3. The summed E-state index contributed by atoms with van der Waals surface area (Å²) < 4.78 is 0. The molecule has 0 aromatic heterocycles. The maximum atomic E-state index is 12.5. The van der Waals surface area contributed by atoms with Gasteiger partial charge in [0, 0.05) is 42.7 Å². The highest BCUT2D eigenvalue weighted by atomic mass is 32.2. The van der Waals surface area contributed by atoms with Crippen molar-refractivity contribution in [1.82, 2.24) is 14.7 Å². The minimum absolute atomic E-state index is 0.0420. The van der Waals surface area contributed by atoms with Gasteiger partial charge in [0.1, 0.15) is 0 Å². The molecular weight excluding hydrogens is 454 g/mol. The van der Waals surface area contributed by atoms with Crippen LogP contribution in [0.2, 0.25) is 0 Å². The summed E-state index contributed by atoms with van der Waals surface area (Å²) in [5.41, 5.74) is 1.75. The van der Waals surface area contributed by atoms with Crippen molar-refractivity contribution in [3.8, 4) is 0 Å². The van der Waals surface area contributed by atoms with E-state index in [1.807, 2.05) is 34.1 Å². The number of benzene rings is 1. The molecule has 2 heterocycles. The molecule has 5 nitrogen and oxygen atoms in total. The van der Waals surface area contributed by atoms with Gasteiger partial charge in [0.15, 0.2) is 0 Å². The van der Waals surface area contributed by atoms with Crippen molar-refractivity contribution >= 4 is 28.5 Å². The summed E-state index contributed by atoms with van der Waals surface area (Å²) in [4.78, 5) is 32.8. The van der Waals surface area contributed by atoms with Crippen molar-refractivity contribution in [3.63, 3.8) is 0 Å². The molecule has 2 aliphatic heterocycles. The van der Waals surface area contributed by atoms with E-state index < -0.39 is 0 Å². The van der Waals surface area contributed by atoms with Crippen molar-refractivity contribution in [3.05, 3.63) is 53.0 Å². The fourth-order valence-corrected chi connectivity index (χ4v) is 5.15. The average molecular weight is 500 g/mol. The van der Waals surface area contributed by atoms with Gasteiger partial charge < -0.3 is 14.7 Å². The van der Waals surface area contributed by atoms with Gasteiger partial charge in [-0.1, -0.05) is 50.4 Å². The summed E-state index contributed by atoms with van der Waals surface area (Å²) >= 11 is 1.44. The van der Waals surface area contributed by atoms with Crippen molar-refractivity contribution in [1.29, 1.82) is 0 Å². The lowest BCUT2D eigenvalue weighted by atomic mass is 10.1. The molecule has 194 valence electrons. The number of rotatable bonds is 9. The zero-order valence-electron chi connectivity index (χ0n) is 22.5.